The van der Waals surface area contributed by atoms with Gasteiger partial charge in [-0.2, -0.15) is 12.6 Å². The van der Waals surface area contributed by atoms with E-state index in [9.17, 15) is 14.7 Å². The van der Waals surface area contributed by atoms with E-state index in [-0.39, 0.29) is 18.2 Å². The second-order valence-electron chi connectivity index (χ2n) is 7.49. The zero-order chi connectivity index (χ0) is 22.1. The smallest absolute Gasteiger partial charge is 0.327 e. The van der Waals surface area contributed by atoms with Crippen LogP contribution in [0.5, 0.6) is 0 Å². The zero-order valence-electron chi connectivity index (χ0n) is 17.3. The van der Waals surface area contributed by atoms with Crippen molar-refractivity contribution in [1.29, 1.82) is 0 Å². The van der Waals surface area contributed by atoms with Gasteiger partial charge in [-0.25, -0.2) is 4.79 Å². The van der Waals surface area contributed by atoms with Crippen molar-refractivity contribution in [2.45, 2.75) is 25.3 Å². The number of amides is 1. The molecule has 1 unspecified atom stereocenters. The molecule has 0 saturated heterocycles. The number of carbonyl (C=O) groups is 2. The summed E-state index contributed by atoms with van der Waals surface area (Å²) >= 11 is 4.43. The highest BCUT2D eigenvalue weighted by Crippen LogP contribution is 2.25. The van der Waals surface area contributed by atoms with Crippen LogP contribution in [0, 0.1) is 5.92 Å². The average molecular weight is 434 g/mol. The second kappa shape index (κ2) is 11.4. The normalized spacial score (nSPS) is 12.7. The van der Waals surface area contributed by atoms with E-state index in [0.717, 1.165) is 17.5 Å². The Morgan fingerprint density at radius 1 is 0.806 bits per heavy atom. The van der Waals surface area contributed by atoms with Gasteiger partial charge in [0.1, 0.15) is 6.04 Å². The maximum atomic E-state index is 13.6. The van der Waals surface area contributed by atoms with Gasteiger partial charge in [-0.05, 0) is 36.1 Å². The number of hydrogen-bond acceptors (Lipinski definition) is 3. The lowest BCUT2D eigenvalue weighted by Gasteiger charge is -2.32. The summed E-state index contributed by atoms with van der Waals surface area (Å²) < 4.78 is 0. The van der Waals surface area contributed by atoms with Crippen LogP contribution in [0.2, 0.25) is 0 Å². The maximum Gasteiger partial charge on any atom is 0.327 e. The molecular weight excluding hydrogens is 406 g/mol. The van der Waals surface area contributed by atoms with Crippen LogP contribution in [-0.2, 0) is 22.4 Å². The van der Waals surface area contributed by atoms with Crippen molar-refractivity contribution in [2.75, 3.05) is 10.7 Å². The number of anilines is 1. The van der Waals surface area contributed by atoms with Gasteiger partial charge in [0.15, 0.2) is 0 Å². The van der Waals surface area contributed by atoms with Gasteiger partial charge in [-0.1, -0.05) is 78.9 Å². The standard InChI is InChI=1S/C26H27NO3S/c28-25(22(19-31)17-16-20-10-4-1-5-11-20)27(23-14-8-3-9-15-23)24(26(29)30)18-21-12-6-2-7-13-21/h1-15,22,24,31H,16-19H2,(H,29,30)/t22?,24-/m0/s1. The molecule has 0 fully saturated rings. The quantitative estimate of drug-likeness (QED) is 0.448. The molecule has 0 bridgehead atoms. The number of carboxylic acid groups (broad SMARTS) is 1. The summed E-state index contributed by atoms with van der Waals surface area (Å²) in [5.74, 6) is -1.27. The molecular formula is C26H27NO3S. The minimum absolute atomic E-state index is 0.208. The van der Waals surface area contributed by atoms with Crippen molar-refractivity contribution in [2.24, 2.45) is 5.92 Å². The molecule has 1 N–H and O–H groups in total. The molecule has 3 rings (SSSR count). The lowest BCUT2D eigenvalue weighted by Crippen LogP contribution is -2.49. The molecule has 3 aromatic rings. The van der Waals surface area contributed by atoms with Gasteiger partial charge in [0.2, 0.25) is 5.91 Å². The zero-order valence-corrected chi connectivity index (χ0v) is 18.2. The van der Waals surface area contributed by atoms with E-state index < -0.39 is 12.0 Å². The van der Waals surface area contributed by atoms with Gasteiger partial charge < -0.3 is 5.11 Å². The van der Waals surface area contributed by atoms with Crippen LogP contribution in [0.1, 0.15) is 17.5 Å². The number of carbonyl (C=O) groups excluding carboxylic acids is 1. The fraction of sp³-hybridized carbons (Fsp3) is 0.231. The Kier molecular flexibility index (Phi) is 8.30. The first-order valence-electron chi connectivity index (χ1n) is 10.4. The third kappa shape index (κ3) is 6.22. The Morgan fingerprint density at radius 3 is 1.84 bits per heavy atom. The van der Waals surface area contributed by atoms with Crippen LogP contribution in [0.4, 0.5) is 5.69 Å². The number of rotatable bonds is 10. The van der Waals surface area contributed by atoms with E-state index >= 15 is 0 Å². The predicted molar refractivity (Wildman–Crippen MR) is 128 cm³/mol. The molecule has 0 aliphatic heterocycles. The first-order valence-corrected chi connectivity index (χ1v) is 11.0. The number of aliphatic carboxylic acids is 1. The molecule has 2 atom stereocenters. The Bertz CT molecular complexity index is 964. The van der Waals surface area contributed by atoms with Crippen molar-refractivity contribution >= 4 is 30.2 Å². The highest BCUT2D eigenvalue weighted by atomic mass is 32.1. The van der Waals surface area contributed by atoms with Crippen molar-refractivity contribution in [3.63, 3.8) is 0 Å². The third-order valence-corrected chi connectivity index (χ3v) is 5.78. The van der Waals surface area contributed by atoms with Gasteiger partial charge in [0.05, 0.1) is 0 Å². The molecule has 4 nitrogen and oxygen atoms in total. The lowest BCUT2D eigenvalue weighted by atomic mass is 9.97. The Balaban J connectivity index is 1.89. The van der Waals surface area contributed by atoms with E-state index in [0.29, 0.717) is 17.9 Å². The fourth-order valence-electron chi connectivity index (χ4n) is 3.65. The first-order chi connectivity index (χ1) is 15.1. The molecule has 0 heterocycles. The van der Waals surface area contributed by atoms with Crippen molar-refractivity contribution in [3.05, 3.63) is 102 Å². The topological polar surface area (TPSA) is 57.6 Å². The maximum absolute atomic E-state index is 13.6. The van der Waals surface area contributed by atoms with Gasteiger partial charge in [0.25, 0.3) is 0 Å². The van der Waals surface area contributed by atoms with Crippen LogP contribution >= 0.6 is 12.6 Å². The van der Waals surface area contributed by atoms with Crippen LogP contribution in [0.15, 0.2) is 91.0 Å². The van der Waals surface area contributed by atoms with E-state index in [2.05, 4.69) is 12.6 Å². The van der Waals surface area contributed by atoms with Crippen LogP contribution in [0.25, 0.3) is 0 Å². The van der Waals surface area contributed by atoms with E-state index in [1.807, 2.05) is 78.9 Å². The SMILES string of the molecule is O=C(O)[C@H](Cc1ccccc1)N(C(=O)C(CS)CCc1ccccc1)c1ccccc1. The summed E-state index contributed by atoms with van der Waals surface area (Å²) in [4.78, 5) is 27.4. The molecule has 0 aliphatic rings. The summed E-state index contributed by atoms with van der Waals surface area (Å²) in [6.07, 6.45) is 1.57. The van der Waals surface area contributed by atoms with Gasteiger partial charge in [-0.3, -0.25) is 9.69 Å². The number of aryl methyl sites for hydroxylation is 1. The summed E-state index contributed by atoms with van der Waals surface area (Å²) in [6.45, 7) is 0. The van der Waals surface area contributed by atoms with E-state index in [4.69, 9.17) is 0 Å². The van der Waals surface area contributed by atoms with Crippen LogP contribution in [0.3, 0.4) is 0 Å². The highest BCUT2D eigenvalue weighted by Gasteiger charge is 2.34. The summed E-state index contributed by atoms with van der Waals surface area (Å²) in [7, 11) is 0. The minimum atomic E-state index is -1.03. The monoisotopic (exact) mass is 433 g/mol. The molecule has 0 aromatic heterocycles. The Morgan fingerprint density at radius 2 is 1.32 bits per heavy atom. The minimum Gasteiger partial charge on any atom is -0.480 e. The molecule has 5 heteroatoms. The third-order valence-electron chi connectivity index (χ3n) is 5.33. The number of hydrogen-bond donors (Lipinski definition) is 2. The number of para-hydroxylation sites is 1. The van der Waals surface area contributed by atoms with Crippen molar-refractivity contribution < 1.29 is 14.7 Å². The van der Waals surface area contributed by atoms with Crippen LogP contribution in [-0.4, -0.2) is 28.8 Å². The lowest BCUT2D eigenvalue weighted by molar-refractivity contribution is -0.140. The molecule has 1 amide bonds. The van der Waals surface area contributed by atoms with Crippen LogP contribution < -0.4 is 4.90 Å². The Labute approximate surface area is 188 Å². The molecule has 3 aromatic carbocycles. The molecule has 0 aliphatic carbocycles. The molecule has 31 heavy (non-hydrogen) atoms. The van der Waals surface area contributed by atoms with E-state index in [1.54, 1.807) is 12.1 Å². The predicted octanol–water partition coefficient (Wildman–Crippen LogP) is 4.89. The number of carboxylic acids is 1. The number of thiol groups is 1. The Hall–Kier alpha value is -3.05. The number of nitrogens with zero attached hydrogens (tertiary/aromatic N) is 1. The molecule has 160 valence electrons. The number of benzene rings is 3. The molecule has 0 spiro atoms. The fourth-order valence-corrected chi connectivity index (χ4v) is 3.99. The van der Waals surface area contributed by atoms with Crippen molar-refractivity contribution in [3.8, 4) is 0 Å². The summed E-state index contributed by atoms with van der Waals surface area (Å²) in [6, 6.07) is 27.4. The van der Waals surface area contributed by atoms with Gasteiger partial charge in [-0.15, -0.1) is 0 Å². The average Bonchev–Trinajstić information content (AvgIpc) is 2.81. The molecule has 0 radical (unpaired) electrons. The van der Waals surface area contributed by atoms with Gasteiger partial charge >= 0.3 is 5.97 Å². The van der Waals surface area contributed by atoms with E-state index in [1.165, 1.54) is 4.90 Å². The summed E-state index contributed by atoms with van der Waals surface area (Å²) in [5.41, 5.74) is 2.60. The van der Waals surface area contributed by atoms with Gasteiger partial charge in [0, 0.05) is 23.8 Å². The van der Waals surface area contributed by atoms with Crippen molar-refractivity contribution in [1.82, 2.24) is 0 Å². The second-order valence-corrected chi connectivity index (χ2v) is 7.86. The largest absolute Gasteiger partial charge is 0.480 e. The first kappa shape index (κ1) is 22.6. The molecule has 0 saturated carbocycles. The summed E-state index contributed by atoms with van der Waals surface area (Å²) in [5, 5.41) is 10.1. The highest BCUT2D eigenvalue weighted by molar-refractivity contribution is 7.80.